The molecule has 1 heterocycles. The van der Waals surface area contributed by atoms with Crippen molar-refractivity contribution in [1.82, 2.24) is 4.98 Å². The molecule has 0 bridgehead atoms. The van der Waals surface area contributed by atoms with Gasteiger partial charge in [0, 0.05) is 17.3 Å². The Kier molecular flexibility index (Phi) is 4.21. The van der Waals surface area contributed by atoms with Gasteiger partial charge in [-0.2, -0.15) is 17.6 Å². The molecule has 0 aliphatic heterocycles. The minimum Gasteiger partial charge on any atom is -0.484 e. The first kappa shape index (κ1) is 15.0. The molecular formula is C14H9F4NO2. The minimum atomic E-state index is -4.48. The maximum absolute atomic E-state index is 12.8. The van der Waals surface area contributed by atoms with Crippen LogP contribution in [0.3, 0.4) is 0 Å². The van der Waals surface area contributed by atoms with Gasteiger partial charge in [-0.25, -0.2) is 4.98 Å². The maximum Gasteiger partial charge on any atom is 0.422 e. The fourth-order valence-electron chi connectivity index (χ4n) is 1.65. The number of carbonyl (C=O) groups excluding carboxylic acids is 1. The van der Waals surface area contributed by atoms with E-state index in [9.17, 15) is 22.4 Å². The van der Waals surface area contributed by atoms with E-state index in [4.69, 9.17) is 0 Å². The zero-order chi connectivity index (χ0) is 15.5. The van der Waals surface area contributed by atoms with E-state index in [2.05, 4.69) is 9.72 Å². The zero-order valence-corrected chi connectivity index (χ0v) is 10.5. The summed E-state index contributed by atoms with van der Waals surface area (Å²) in [6, 6.07) is 6.48. The van der Waals surface area contributed by atoms with Crippen LogP contribution in [-0.2, 0) is 0 Å². The molecule has 1 aromatic carbocycles. The highest BCUT2D eigenvalue weighted by Gasteiger charge is 2.28. The summed E-state index contributed by atoms with van der Waals surface area (Å²) in [6.07, 6.45) is -2.78. The second-order valence-corrected chi connectivity index (χ2v) is 4.18. The number of nitrogens with zero attached hydrogens (tertiary/aromatic N) is 1. The second-order valence-electron chi connectivity index (χ2n) is 4.18. The number of ether oxygens (including phenoxy) is 1. The van der Waals surface area contributed by atoms with Crippen molar-refractivity contribution >= 4 is 6.29 Å². The number of pyridine rings is 1. The fraction of sp³-hybridized carbons (Fsp3) is 0.143. The van der Waals surface area contributed by atoms with Gasteiger partial charge in [0.1, 0.15) is 12.0 Å². The quantitative estimate of drug-likeness (QED) is 0.491. The number of alkyl halides is 3. The normalized spacial score (nSPS) is 11.2. The molecule has 110 valence electrons. The molecule has 0 spiro atoms. The molecule has 0 unspecified atom stereocenters. The number of rotatable bonds is 4. The molecule has 0 saturated heterocycles. The highest BCUT2D eigenvalue weighted by molar-refractivity contribution is 5.80. The standard InChI is InChI=1S/C14H9F4NO2/c15-13-2-1-10(6-19-13)11-3-9(7-20)4-12(5-11)21-8-14(16,17)18/h1-7H,8H2. The van der Waals surface area contributed by atoms with Crippen LogP contribution in [0.4, 0.5) is 17.6 Å². The molecule has 21 heavy (non-hydrogen) atoms. The first-order valence-electron chi connectivity index (χ1n) is 5.79. The molecule has 7 heteroatoms. The third-order valence-corrected chi connectivity index (χ3v) is 2.53. The molecule has 0 aliphatic rings. The van der Waals surface area contributed by atoms with Crippen molar-refractivity contribution in [2.45, 2.75) is 6.18 Å². The number of aromatic nitrogens is 1. The Balaban J connectivity index is 2.33. The Labute approximate surface area is 117 Å². The van der Waals surface area contributed by atoms with Gasteiger partial charge in [-0.1, -0.05) is 0 Å². The van der Waals surface area contributed by atoms with E-state index in [0.717, 1.165) is 6.07 Å². The summed E-state index contributed by atoms with van der Waals surface area (Å²) in [6.45, 7) is -1.46. The monoisotopic (exact) mass is 299 g/mol. The van der Waals surface area contributed by atoms with Crippen LogP contribution in [0.2, 0.25) is 0 Å². The van der Waals surface area contributed by atoms with Crippen LogP contribution >= 0.6 is 0 Å². The summed E-state index contributed by atoms with van der Waals surface area (Å²) in [5.41, 5.74) is 1.01. The minimum absolute atomic E-state index is 0.101. The van der Waals surface area contributed by atoms with E-state index in [1.807, 2.05) is 0 Å². The number of aldehydes is 1. The average Bonchev–Trinajstić information content (AvgIpc) is 2.45. The SMILES string of the molecule is O=Cc1cc(OCC(F)(F)F)cc(-c2ccc(F)nc2)c1. The summed E-state index contributed by atoms with van der Waals surface area (Å²) < 4.78 is 53.8. The first-order valence-corrected chi connectivity index (χ1v) is 5.79. The molecule has 2 rings (SSSR count). The van der Waals surface area contributed by atoms with Gasteiger partial charge in [-0.05, 0) is 35.9 Å². The van der Waals surface area contributed by atoms with Crippen molar-refractivity contribution in [3.05, 3.63) is 48.0 Å². The van der Waals surface area contributed by atoms with E-state index in [-0.39, 0.29) is 11.3 Å². The lowest BCUT2D eigenvalue weighted by Gasteiger charge is -2.11. The summed E-state index contributed by atoms with van der Waals surface area (Å²) in [5, 5.41) is 0. The largest absolute Gasteiger partial charge is 0.484 e. The Bertz CT molecular complexity index is 638. The Morgan fingerprint density at radius 3 is 2.48 bits per heavy atom. The third kappa shape index (κ3) is 4.27. The lowest BCUT2D eigenvalue weighted by Crippen LogP contribution is -2.19. The molecule has 0 saturated carbocycles. The van der Waals surface area contributed by atoms with Crippen LogP contribution in [0.15, 0.2) is 36.5 Å². The summed E-state index contributed by atoms with van der Waals surface area (Å²) in [7, 11) is 0. The predicted molar refractivity (Wildman–Crippen MR) is 66.6 cm³/mol. The fourth-order valence-corrected chi connectivity index (χ4v) is 1.65. The molecule has 0 amide bonds. The van der Waals surface area contributed by atoms with Crippen LogP contribution in [0.5, 0.6) is 5.75 Å². The van der Waals surface area contributed by atoms with Gasteiger partial charge in [-0.3, -0.25) is 4.79 Å². The van der Waals surface area contributed by atoms with Crippen molar-refractivity contribution in [1.29, 1.82) is 0 Å². The smallest absolute Gasteiger partial charge is 0.422 e. The molecule has 0 fully saturated rings. The highest BCUT2D eigenvalue weighted by atomic mass is 19.4. The van der Waals surface area contributed by atoms with E-state index in [1.54, 1.807) is 0 Å². The predicted octanol–water partition coefficient (Wildman–Crippen LogP) is 3.64. The maximum atomic E-state index is 12.8. The van der Waals surface area contributed by atoms with Gasteiger partial charge in [0.05, 0.1) is 0 Å². The lowest BCUT2D eigenvalue weighted by molar-refractivity contribution is -0.153. The van der Waals surface area contributed by atoms with Gasteiger partial charge in [-0.15, -0.1) is 0 Å². The summed E-state index contributed by atoms with van der Waals surface area (Å²) in [5.74, 6) is -0.782. The molecular weight excluding hydrogens is 290 g/mol. The van der Waals surface area contributed by atoms with Crippen molar-refractivity contribution in [3.63, 3.8) is 0 Å². The van der Waals surface area contributed by atoms with Crippen LogP contribution in [-0.4, -0.2) is 24.1 Å². The molecule has 1 aromatic heterocycles. The van der Waals surface area contributed by atoms with Gasteiger partial charge in [0.2, 0.25) is 5.95 Å². The van der Waals surface area contributed by atoms with Crippen molar-refractivity contribution in [2.24, 2.45) is 0 Å². The van der Waals surface area contributed by atoms with E-state index in [0.29, 0.717) is 17.4 Å². The molecule has 3 nitrogen and oxygen atoms in total. The van der Waals surface area contributed by atoms with E-state index in [1.165, 1.54) is 30.5 Å². The Morgan fingerprint density at radius 1 is 1.14 bits per heavy atom. The second kappa shape index (κ2) is 5.90. The van der Waals surface area contributed by atoms with E-state index < -0.39 is 18.7 Å². The van der Waals surface area contributed by atoms with Gasteiger partial charge in [0.25, 0.3) is 0 Å². The molecule has 0 atom stereocenters. The molecule has 0 aliphatic carbocycles. The molecule has 0 N–H and O–H groups in total. The molecule has 0 radical (unpaired) electrons. The lowest BCUT2D eigenvalue weighted by atomic mass is 10.0. The van der Waals surface area contributed by atoms with Crippen molar-refractivity contribution in [2.75, 3.05) is 6.61 Å². The average molecular weight is 299 g/mol. The Morgan fingerprint density at radius 2 is 1.90 bits per heavy atom. The number of benzene rings is 1. The third-order valence-electron chi connectivity index (χ3n) is 2.53. The number of hydrogen-bond donors (Lipinski definition) is 0. The number of hydrogen-bond acceptors (Lipinski definition) is 3. The van der Waals surface area contributed by atoms with Gasteiger partial charge in [0.15, 0.2) is 6.61 Å². The topological polar surface area (TPSA) is 39.2 Å². The Hall–Kier alpha value is -2.44. The summed E-state index contributed by atoms with van der Waals surface area (Å²) >= 11 is 0. The molecule has 2 aromatic rings. The van der Waals surface area contributed by atoms with Crippen molar-refractivity contribution < 1.29 is 27.1 Å². The zero-order valence-electron chi connectivity index (χ0n) is 10.5. The van der Waals surface area contributed by atoms with Crippen LogP contribution in [0.1, 0.15) is 10.4 Å². The summed E-state index contributed by atoms with van der Waals surface area (Å²) in [4.78, 5) is 14.3. The van der Waals surface area contributed by atoms with Gasteiger partial charge >= 0.3 is 6.18 Å². The van der Waals surface area contributed by atoms with Gasteiger partial charge < -0.3 is 4.74 Å². The highest BCUT2D eigenvalue weighted by Crippen LogP contribution is 2.26. The van der Waals surface area contributed by atoms with Crippen LogP contribution < -0.4 is 4.74 Å². The first-order chi connectivity index (χ1) is 9.87. The van der Waals surface area contributed by atoms with Crippen LogP contribution in [0, 0.1) is 5.95 Å². The number of carbonyl (C=O) groups is 1. The number of halogens is 4. The van der Waals surface area contributed by atoms with Crippen molar-refractivity contribution in [3.8, 4) is 16.9 Å². The van der Waals surface area contributed by atoms with Crippen LogP contribution in [0.25, 0.3) is 11.1 Å². The van der Waals surface area contributed by atoms with E-state index >= 15 is 0 Å².